The predicted molar refractivity (Wildman–Crippen MR) is 80.5 cm³/mol. The van der Waals surface area contributed by atoms with Crippen LogP contribution in [0.25, 0.3) is 0 Å². The normalized spacial score (nSPS) is 20.5. The summed E-state index contributed by atoms with van der Waals surface area (Å²) in [5, 5.41) is 3.61. The van der Waals surface area contributed by atoms with Crippen molar-refractivity contribution in [2.75, 3.05) is 20.1 Å². The van der Waals surface area contributed by atoms with Gasteiger partial charge < -0.3 is 10.2 Å². The number of halogens is 1. The van der Waals surface area contributed by atoms with Crippen molar-refractivity contribution in [2.24, 2.45) is 0 Å². The summed E-state index contributed by atoms with van der Waals surface area (Å²) in [6.45, 7) is 3.41. The highest BCUT2D eigenvalue weighted by atomic mass is 35.5. The van der Waals surface area contributed by atoms with Gasteiger partial charge in [0.15, 0.2) is 0 Å². The van der Waals surface area contributed by atoms with Gasteiger partial charge in [-0.3, -0.25) is 0 Å². The van der Waals surface area contributed by atoms with Crippen LogP contribution in [0.1, 0.15) is 37.0 Å². The van der Waals surface area contributed by atoms with Gasteiger partial charge in [-0.25, -0.2) is 0 Å². The minimum absolute atomic E-state index is 0.767. The number of nitrogens with one attached hydrogen (secondary N) is 1. The first-order chi connectivity index (χ1) is 8.74. The molecule has 0 amide bonds. The lowest BCUT2D eigenvalue weighted by molar-refractivity contribution is 0.299. The van der Waals surface area contributed by atoms with Gasteiger partial charge in [-0.15, -0.1) is 11.3 Å². The fourth-order valence-electron chi connectivity index (χ4n) is 2.56. The molecule has 4 heteroatoms. The monoisotopic (exact) mass is 286 g/mol. The third-order valence-corrected chi connectivity index (χ3v) is 4.78. The Kier molecular flexibility index (Phi) is 5.96. The summed E-state index contributed by atoms with van der Waals surface area (Å²) in [5.41, 5.74) is 0. The second-order valence-corrected chi connectivity index (χ2v) is 7.03. The molecule has 2 rings (SSSR count). The maximum Gasteiger partial charge on any atom is 0.0931 e. The fraction of sp³-hybridized carbons (Fsp3) is 0.714. The summed E-state index contributed by atoms with van der Waals surface area (Å²) in [6, 6.07) is 4.89. The van der Waals surface area contributed by atoms with Crippen LogP contribution in [-0.2, 0) is 6.54 Å². The van der Waals surface area contributed by atoms with Crippen LogP contribution >= 0.6 is 22.9 Å². The number of thiophene rings is 1. The van der Waals surface area contributed by atoms with Gasteiger partial charge >= 0.3 is 0 Å². The first-order valence-electron chi connectivity index (χ1n) is 6.90. The van der Waals surface area contributed by atoms with E-state index in [-0.39, 0.29) is 0 Å². The number of piperidine rings is 1. The van der Waals surface area contributed by atoms with Crippen molar-refractivity contribution >= 4 is 22.9 Å². The first-order valence-corrected chi connectivity index (χ1v) is 8.09. The smallest absolute Gasteiger partial charge is 0.0931 e. The van der Waals surface area contributed by atoms with Crippen molar-refractivity contribution in [3.05, 3.63) is 21.3 Å². The van der Waals surface area contributed by atoms with Gasteiger partial charge in [-0.1, -0.05) is 18.0 Å². The molecule has 1 aromatic heterocycles. The molecule has 1 aromatic rings. The molecule has 0 aromatic carbocycles. The van der Waals surface area contributed by atoms with E-state index in [1.54, 1.807) is 11.3 Å². The zero-order valence-electron chi connectivity index (χ0n) is 11.1. The van der Waals surface area contributed by atoms with Crippen molar-refractivity contribution in [3.63, 3.8) is 0 Å². The molecule has 0 spiro atoms. The highest BCUT2D eigenvalue weighted by Gasteiger charge is 2.12. The third kappa shape index (κ3) is 4.88. The van der Waals surface area contributed by atoms with E-state index in [9.17, 15) is 0 Å². The molecular weight excluding hydrogens is 264 g/mol. The molecule has 102 valence electrons. The Hall–Kier alpha value is -0.0900. The van der Waals surface area contributed by atoms with E-state index in [0.717, 1.165) is 16.9 Å². The molecule has 0 radical (unpaired) electrons. The van der Waals surface area contributed by atoms with E-state index >= 15 is 0 Å². The molecule has 1 fully saturated rings. The summed E-state index contributed by atoms with van der Waals surface area (Å²) in [5.74, 6) is 0. The quantitative estimate of drug-likeness (QED) is 0.857. The van der Waals surface area contributed by atoms with Gasteiger partial charge in [0, 0.05) is 17.5 Å². The predicted octanol–water partition coefficient (Wildman–Crippen LogP) is 3.76. The van der Waals surface area contributed by atoms with Crippen LogP contribution in [-0.4, -0.2) is 31.1 Å². The van der Waals surface area contributed by atoms with Gasteiger partial charge in [-0.2, -0.15) is 0 Å². The first kappa shape index (κ1) is 14.3. The lowest BCUT2D eigenvalue weighted by Gasteiger charge is -2.24. The summed E-state index contributed by atoms with van der Waals surface area (Å²) in [6.07, 6.45) is 6.73. The van der Waals surface area contributed by atoms with Crippen molar-refractivity contribution in [1.82, 2.24) is 10.2 Å². The van der Waals surface area contributed by atoms with E-state index in [2.05, 4.69) is 23.3 Å². The van der Waals surface area contributed by atoms with Crippen LogP contribution in [0, 0.1) is 0 Å². The molecular formula is C14H23ClN2S. The summed E-state index contributed by atoms with van der Waals surface area (Å²) in [7, 11) is 2.20. The second kappa shape index (κ2) is 7.49. The van der Waals surface area contributed by atoms with Crippen LogP contribution in [0.15, 0.2) is 12.1 Å². The molecule has 1 saturated heterocycles. The van der Waals surface area contributed by atoms with E-state index < -0.39 is 0 Å². The Balaban J connectivity index is 1.60. The zero-order chi connectivity index (χ0) is 12.8. The van der Waals surface area contributed by atoms with Gasteiger partial charge in [-0.05, 0) is 58.0 Å². The average Bonchev–Trinajstić information content (AvgIpc) is 2.76. The van der Waals surface area contributed by atoms with Crippen molar-refractivity contribution in [3.8, 4) is 0 Å². The molecule has 0 bridgehead atoms. The molecule has 1 unspecified atom stereocenters. The van der Waals surface area contributed by atoms with Gasteiger partial charge in [0.05, 0.1) is 4.34 Å². The number of hydrogen-bond acceptors (Lipinski definition) is 3. The third-order valence-electron chi connectivity index (χ3n) is 3.56. The Labute approximate surface area is 119 Å². The highest BCUT2D eigenvalue weighted by molar-refractivity contribution is 7.16. The topological polar surface area (TPSA) is 15.3 Å². The maximum absolute atomic E-state index is 5.94. The lowest BCUT2D eigenvalue weighted by Crippen LogP contribution is -2.34. The van der Waals surface area contributed by atoms with Gasteiger partial charge in [0.2, 0.25) is 0 Å². The van der Waals surface area contributed by atoms with Crippen molar-refractivity contribution in [1.29, 1.82) is 0 Å². The number of hydrogen-bond donors (Lipinski definition) is 1. The molecule has 0 aliphatic carbocycles. The van der Waals surface area contributed by atoms with Crippen molar-refractivity contribution in [2.45, 2.75) is 44.7 Å². The van der Waals surface area contributed by atoms with Gasteiger partial charge in [0.1, 0.15) is 0 Å². The van der Waals surface area contributed by atoms with E-state index in [1.807, 2.05) is 6.07 Å². The SMILES string of the molecule is CN(CCCC1CCCCN1)Cc1ccc(Cl)s1. The Bertz CT molecular complexity index is 347. The fourth-order valence-corrected chi connectivity index (χ4v) is 3.73. The Morgan fingerprint density at radius 1 is 1.44 bits per heavy atom. The molecule has 1 N–H and O–H groups in total. The van der Waals surface area contributed by atoms with Crippen LogP contribution in [0.5, 0.6) is 0 Å². The molecule has 2 heterocycles. The van der Waals surface area contributed by atoms with Crippen LogP contribution < -0.4 is 5.32 Å². The Morgan fingerprint density at radius 2 is 2.33 bits per heavy atom. The maximum atomic E-state index is 5.94. The minimum atomic E-state index is 0.767. The zero-order valence-corrected chi connectivity index (χ0v) is 12.7. The van der Waals surface area contributed by atoms with Gasteiger partial charge in [0.25, 0.3) is 0 Å². The van der Waals surface area contributed by atoms with Crippen LogP contribution in [0.4, 0.5) is 0 Å². The summed E-state index contributed by atoms with van der Waals surface area (Å²) in [4.78, 5) is 3.75. The second-order valence-electron chi connectivity index (χ2n) is 5.23. The minimum Gasteiger partial charge on any atom is -0.314 e. The molecule has 18 heavy (non-hydrogen) atoms. The van der Waals surface area contributed by atoms with Crippen LogP contribution in [0.2, 0.25) is 4.34 Å². The van der Waals surface area contributed by atoms with Crippen LogP contribution in [0.3, 0.4) is 0 Å². The van der Waals surface area contributed by atoms with E-state index in [1.165, 1.54) is 50.1 Å². The molecule has 2 nitrogen and oxygen atoms in total. The number of rotatable bonds is 6. The lowest BCUT2D eigenvalue weighted by atomic mass is 10.0. The molecule has 1 aliphatic heterocycles. The summed E-state index contributed by atoms with van der Waals surface area (Å²) < 4.78 is 0.893. The standard InChI is InChI=1S/C14H23ClN2S/c1-17(11-13-7-8-14(15)18-13)10-4-6-12-5-2-3-9-16-12/h7-8,12,16H,2-6,9-11H2,1H3. The summed E-state index contributed by atoms with van der Waals surface area (Å²) >= 11 is 7.63. The Morgan fingerprint density at radius 3 is 3.00 bits per heavy atom. The average molecular weight is 287 g/mol. The largest absolute Gasteiger partial charge is 0.314 e. The molecule has 0 saturated carbocycles. The van der Waals surface area contributed by atoms with E-state index in [4.69, 9.17) is 11.6 Å². The molecule has 1 atom stereocenters. The molecule has 1 aliphatic rings. The highest BCUT2D eigenvalue weighted by Crippen LogP contribution is 2.22. The van der Waals surface area contributed by atoms with Crippen molar-refractivity contribution < 1.29 is 0 Å². The number of nitrogens with zero attached hydrogens (tertiary/aromatic N) is 1. The van der Waals surface area contributed by atoms with E-state index in [0.29, 0.717) is 0 Å².